The lowest BCUT2D eigenvalue weighted by atomic mass is 10.3. The van der Waals surface area contributed by atoms with Crippen molar-refractivity contribution in [2.45, 2.75) is 45.7 Å². The lowest BCUT2D eigenvalue weighted by Gasteiger charge is -2.10. The van der Waals surface area contributed by atoms with Crippen LogP contribution >= 0.6 is 0 Å². The van der Waals surface area contributed by atoms with Crippen molar-refractivity contribution >= 4 is 11.2 Å². The van der Waals surface area contributed by atoms with Crippen LogP contribution in [0.25, 0.3) is 11.2 Å². The van der Waals surface area contributed by atoms with E-state index in [0.717, 1.165) is 12.8 Å². The summed E-state index contributed by atoms with van der Waals surface area (Å²) in [5.41, 5.74) is 0.130. The molecule has 0 radical (unpaired) electrons. The fraction of sp³-hybridized carbons (Fsp3) is 0.615. The maximum absolute atomic E-state index is 12.4. The van der Waals surface area contributed by atoms with Crippen molar-refractivity contribution in [2.24, 2.45) is 0 Å². The smallest absolute Gasteiger partial charge is 0.332 e. The monoisotopic (exact) mass is 280 g/mol. The van der Waals surface area contributed by atoms with Crippen LogP contribution in [0.3, 0.4) is 0 Å². The number of aliphatic hydroxyl groups excluding tert-OH is 1. The highest BCUT2D eigenvalue weighted by molar-refractivity contribution is 5.68. The molecule has 0 spiro atoms. The molecule has 20 heavy (non-hydrogen) atoms. The molecule has 0 fully saturated rings. The van der Waals surface area contributed by atoms with Gasteiger partial charge >= 0.3 is 5.69 Å². The number of nitrogens with zero attached hydrogens (tertiary/aromatic N) is 3. The molecule has 0 aliphatic rings. The van der Waals surface area contributed by atoms with E-state index in [-0.39, 0.29) is 17.9 Å². The third-order valence-electron chi connectivity index (χ3n) is 3.32. The normalized spacial score (nSPS) is 11.3. The van der Waals surface area contributed by atoms with E-state index in [1.54, 1.807) is 4.57 Å². The van der Waals surface area contributed by atoms with Gasteiger partial charge in [-0.25, -0.2) is 9.78 Å². The molecular formula is C13H20N4O3. The number of aromatic nitrogens is 4. The van der Waals surface area contributed by atoms with E-state index < -0.39 is 0 Å². The molecule has 0 bridgehead atoms. The molecule has 2 aromatic heterocycles. The summed E-state index contributed by atoms with van der Waals surface area (Å²) in [6.45, 7) is 2.98. The van der Waals surface area contributed by atoms with Crippen molar-refractivity contribution < 1.29 is 5.11 Å². The lowest BCUT2D eigenvalue weighted by Crippen LogP contribution is -2.40. The van der Waals surface area contributed by atoms with Crippen molar-refractivity contribution in [1.82, 2.24) is 19.1 Å². The summed E-state index contributed by atoms with van der Waals surface area (Å²) < 4.78 is 2.78. The number of unbranched alkanes of at least 4 members (excludes halogenated alkanes) is 2. The van der Waals surface area contributed by atoms with Crippen molar-refractivity contribution in [3.8, 4) is 0 Å². The molecule has 0 atom stereocenters. The Bertz CT molecular complexity index is 683. The molecule has 7 heteroatoms. The Morgan fingerprint density at radius 1 is 1.20 bits per heavy atom. The summed E-state index contributed by atoms with van der Waals surface area (Å²) in [5.74, 6) is 0. The van der Waals surface area contributed by atoms with Crippen molar-refractivity contribution in [1.29, 1.82) is 0 Å². The number of aliphatic hydroxyl groups is 1. The van der Waals surface area contributed by atoms with Gasteiger partial charge < -0.3 is 10.1 Å². The molecule has 0 unspecified atom stereocenters. The third-order valence-corrected chi connectivity index (χ3v) is 3.32. The van der Waals surface area contributed by atoms with Crippen LogP contribution in [0.15, 0.2) is 15.9 Å². The van der Waals surface area contributed by atoms with Crippen LogP contribution < -0.4 is 11.2 Å². The highest BCUT2D eigenvalue weighted by Gasteiger charge is 2.14. The van der Waals surface area contributed by atoms with Gasteiger partial charge in [-0.2, -0.15) is 0 Å². The quantitative estimate of drug-likeness (QED) is 0.721. The number of imidazole rings is 1. The van der Waals surface area contributed by atoms with E-state index in [0.29, 0.717) is 37.1 Å². The topological polar surface area (TPSA) is 92.9 Å². The zero-order valence-corrected chi connectivity index (χ0v) is 11.6. The molecule has 2 rings (SSSR count). The fourth-order valence-electron chi connectivity index (χ4n) is 2.20. The van der Waals surface area contributed by atoms with Crippen LogP contribution in [-0.4, -0.2) is 30.8 Å². The Morgan fingerprint density at radius 3 is 2.65 bits per heavy atom. The number of rotatable bonds is 7. The predicted molar refractivity (Wildman–Crippen MR) is 75.8 cm³/mol. The number of nitrogens with one attached hydrogen (secondary N) is 1. The minimum absolute atomic E-state index is 0.0606. The molecule has 2 N–H and O–H groups in total. The third kappa shape index (κ3) is 2.67. The van der Waals surface area contributed by atoms with Gasteiger partial charge in [0.15, 0.2) is 5.65 Å². The summed E-state index contributed by atoms with van der Waals surface area (Å²) in [7, 11) is 0. The van der Waals surface area contributed by atoms with Gasteiger partial charge in [0.25, 0.3) is 5.56 Å². The highest BCUT2D eigenvalue weighted by atomic mass is 16.3. The van der Waals surface area contributed by atoms with E-state index in [9.17, 15) is 9.59 Å². The number of aromatic amines is 1. The van der Waals surface area contributed by atoms with Crippen molar-refractivity contribution in [3.63, 3.8) is 0 Å². The summed E-state index contributed by atoms with van der Waals surface area (Å²) >= 11 is 0. The van der Waals surface area contributed by atoms with Crippen LogP contribution in [0.4, 0.5) is 0 Å². The van der Waals surface area contributed by atoms with Crippen LogP contribution in [-0.2, 0) is 13.1 Å². The largest absolute Gasteiger partial charge is 0.396 e. The molecular weight excluding hydrogens is 260 g/mol. The van der Waals surface area contributed by atoms with Gasteiger partial charge in [0, 0.05) is 19.7 Å². The molecule has 0 amide bonds. The van der Waals surface area contributed by atoms with Crippen LogP contribution in [0.5, 0.6) is 0 Å². The minimum atomic E-state index is -0.340. The van der Waals surface area contributed by atoms with Crippen molar-refractivity contribution in [3.05, 3.63) is 27.2 Å². The summed E-state index contributed by atoms with van der Waals surface area (Å²) in [6, 6.07) is 0. The van der Waals surface area contributed by atoms with E-state index >= 15 is 0 Å². The number of aryl methyl sites for hydroxylation is 1. The molecule has 2 heterocycles. The molecule has 0 saturated heterocycles. The molecule has 7 nitrogen and oxygen atoms in total. The molecule has 110 valence electrons. The van der Waals surface area contributed by atoms with Gasteiger partial charge in [-0.1, -0.05) is 13.3 Å². The van der Waals surface area contributed by atoms with Crippen LogP contribution in [0.2, 0.25) is 0 Å². The maximum Gasteiger partial charge on any atom is 0.332 e. The minimum Gasteiger partial charge on any atom is -0.396 e. The second-order valence-corrected chi connectivity index (χ2v) is 4.78. The predicted octanol–water partition coefficient (Wildman–Crippen LogP) is 0.459. The SMILES string of the molecule is CCCCn1c(=O)n(CCCCO)c(=O)c2[nH]cnc21. The lowest BCUT2D eigenvalue weighted by molar-refractivity contribution is 0.280. The summed E-state index contributed by atoms with van der Waals surface area (Å²) in [5, 5.41) is 8.81. The molecule has 2 aromatic rings. The highest BCUT2D eigenvalue weighted by Crippen LogP contribution is 2.03. The summed E-state index contributed by atoms with van der Waals surface area (Å²) in [4.78, 5) is 31.6. The zero-order valence-electron chi connectivity index (χ0n) is 11.6. The van der Waals surface area contributed by atoms with Gasteiger partial charge in [-0.05, 0) is 19.3 Å². The van der Waals surface area contributed by atoms with E-state index in [4.69, 9.17) is 5.11 Å². The molecule has 0 aliphatic carbocycles. The first kappa shape index (κ1) is 14.5. The summed E-state index contributed by atoms with van der Waals surface area (Å²) in [6.07, 6.45) is 4.42. The first-order valence-electron chi connectivity index (χ1n) is 6.98. The maximum atomic E-state index is 12.4. The first-order valence-corrected chi connectivity index (χ1v) is 6.98. The zero-order chi connectivity index (χ0) is 14.5. The number of hydrogen-bond donors (Lipinski definition) is 2. The first-order chi connectivity index (χ1) is 9.70. The molecule has 0 aromatic carbocycles. The number of fused-ring (bicyclic) bond motifs is 1. The van der Waals surface area contributed by atoms with Gasteiger partial charge in [-0.3, -0.25) is 13.9 Å². The number of H-pyrrole nitrogens is 1. The Morgan fingerprint density at radius 2 is 1.95 bits per heavy atom. The number of hydrogen-bond acceptors (Lipinski definition) is 4. The van der Waals surface area contributed by atoms with Gasteiger partial charge in [0.2, 0.25) is 0 Å². The van der Waals surface area contributed by atoms with Gasteiger partial charge in [0.1, 0.15) is 5.52 Å². The van der Waals surface area contributed by atoms with Gasteiger partial charge in [-0.15, -0.1) is 0 Å². The second-order valence-electron chi connectivity index (χ2n) is 4.78. The van der Waals surface area contributed by atoms with E-state index in [2.05, 4.69) is 9.97 Å². The van der Waals surface area contributed by atoms with Crippen molar-refractivity contribution in [2.75, 3.05) is 6.61 Å². The Kier molecular flexibility index (Phi) is 4.73. The Labute approximate surface area is 115 Å². The average Bonchev–Trinajstić information content (AvgIpc) is 2.92. The van der Waals surface area contributed by atoms with E-state index in [1.807, 2.05) is 6.92 Å². The standard InChI is InChI=1S/C13H20N4O3/c1-2-3-6-16-11-10(14-9-15-11)12(19)17(13(16)20)7-4-5-8-18/h9,18H,2-8H2,1H3,(H,14,15). The van der Waals surface area contributed by atoms with Crippen LogP contribution in [0, 0.1) is 0 Å². The fourth-order valence-corrected chi connectivity index (χ4v) is 2.20. The Hall–Kier alpha value is -1.89. The van der Waals surface area contributed by atoms with Gasteiger partial charge in [0.05, 0.1) is 6.33 Å². The molecule has 0 saturated carbocycles. The van der Waals surface area contributed by atoms with Crippen LogP contribution in [0.1, 0.15) is 32.6 Å². The van der Waals surface area contributed by atoms with E-state index in [1.165, 1.54) is 10.9 Å². The molecule has 0 aliphatic heterocycles. The second kappa shape index (κ2) is 6.51. The Balaban J connectivity index is 2.50. The average molecular weight is 280 g/mol.